The summed E-state index contributed by atoms with van der Waals surface area (Å²) in [6.07, 6.45) is 0. The Morgan fingerprint density at radius 3 is 2.53 bits per heavy atom. The zero-order chi connectivity index (χ0) is 10.8. The molecule has 0 spiro atoms. The second-order valence-corrected chi connectivity index (χ2v) is 3.34. The number of nitrogens with one attached hydrogen (secondary N) is 1. The molecule has 0 saturated heterocycles. The predicted octanol–water partition coefficient (Wildman–Crippen LogP) is 2.23. The van der Waals surface area contributed by atoms with Crippen LogP contribution in [0.2, 0.25) is 5.02 Å². The van der Waals surface area contributed by atoms with Crippen molar-refractivity contribution in [2.24, 2.45) is 0 Å². The third-order valence-electron chi connectivity index (χ3n) is 1.90. The molecule has 1 aromatic carbocycles. The molecule has 0 fully saturated rings. The van der Waals surface area contributed by atoms with Crippen LogP contribution in [0.15, 0.2) is 35.1 Å². The molecule has 1 heterocycles. The van der Waals surface area contributed by atoms with Gasteiger partial charge in [-0.2, -0.15) is 5.10 Å². The number of hydrogen-bond acceptors (Lipinski definition) is 2. The van der Waals surface area contributed by atoms with Gasteiger partial charge in [-0.1, -0.05) is 11.6 Å². The Balaban J connectivity index is 2.50. The molecule has 0 aliphatic carbocycles. The molecule has 0 aliphatic rings. The first-order chi connectivity index (χ1) is 7.16. The van der Waals surface area contributed by atoms with Crippen molar-refractivity contribution in [1.29, 1.82) is 0 Å². The summed E-state index contributed by atoms with van der Waals surface area (Å²) >= 11 is 5.64. The van der Waals surface area contributed by atoms with Gasteiger partial charge in [-0.05, 0) is 30.3 Å². The van der Waals surface area contributed by atoms with Crippen LogP contribution >= 0.6 is 11.6 Å². The highest BCUT2D eigenvalue weighted by atomic mass is 35.5. The Kier molecular flexibility index (Phi) is 2.51. The maximum absolute atomic E-state index is 12.6. The molecule has 2 rings (SSSR count). The largest absolute Gasteiger partial charge is 0.282 e. The van der Waals surface area contributed by atoms with Crippen molar-refractivity contribution >= 4 is 11.6 Å². The van der Waals surface area contributed by atoms with E-state index in [4.69, 9.17) is 11.6 Å². The number of H-pyrrole nitrogens is 1. The maximum Gasteiger partial charge on any atom is 0.282 e. The molecule has 0 amide bonds. The van der Waals surface area contributed by atoms with Gasteiger partial charge >= 0.3 is 0 Å². The van der Waals surface area contributed by atoms with Crippen LogP contribution in [0.3, 0.4) is 0 Å². The second kappa shape index (κ2) is 3.82. The molecule has 15 heavy (non-hydrogen) atoms. The second-order valence-electron chi connectivity index (χ2n) is 2.94. The SMILES string of the molecule is O=c1[nH]nc(-c2ccc(F)cc2)cc1Cl. The maximum atomic E-state index is 12.6. The lowest BCUT2D eigenvalue weighted by Crippen LogP contribution is -2.08. The number of nitrogens with zero attached hydrogens (tertiary/aromatic N) is 1. The van der Waals surface area contributed by atoms with Gasteiger partial charge in [0, 0.05) is 5.56 Å². The summed E-state index contributed by atoms with van der Waals surface area (Å²) in [7, 11) is 0. The first-order valence-corrected chi connectivity index (χ1v) is 4.56. The van der Waals surface area contributed by atoms with E-state index in [-0.39, 0.29) is 10.8 Å². The summed E-state index contributed by atoms with van der Waals surface area (Å²) in [6, 6.07) is 7.19. The van der Waals surface area contributed by atoms with E-state index in [1.54, 1.807) is 12.1 Å². The molecule has 0 unspecified atom stereocenters. The molecule has 0 saturated carbocycles. The van der Waals surface area contributed by atoms with E-state index in [0.717, 1.165) is 0 Å². The van der Waals surface area contributed by atoms with Crippen LogP contribution in [0.5, 0.6) is 0 Å². The molecule has 0 radical (unpaired) electrons. The molecular formula is C10H6ClFN2O. The van der Waals surface area contributed by atoms with E-state index < -0.39 is 5.56 Å². The third-order valence-corrected chi connectivity index (χ3v) is 2.18. The molecule has 1 aromatic heterocycles. The molecule has 2 aromatic rings. The molecular weight excluding hydrogens is 219 g/mol. The zero-order valence-electron chi connectivity index (χ0n) is 7.50. The van der Waals surface area contributed by atoms with Gasteiger partial charge in [0.15, 0.2) is 0 Å². The van der Waals surface area contributed by atoms with Crippen molar-refractivity contribution in [3.63, 3.8) is 0 Å². The molecule has 5 heteroatoms. The number of rotatable bonds is 1. The lowest BCUT2D eigenvalue weighted by atomic mass is 10.1. The number of aromatic amines is 1. The Labute approximate surface area is 89.5 Å². The van der Waals surface area contributed by atoms with Gasteiger partial charge in [0.05, 0.1) is 5.69 Å². The van der Waals surface area contributed by atoms with Crippen molar-refractivity contribution in [3.05, 3.63) is 51.5 Å². The summed E-state index contributed by atoms with van der Waals surface area (Å²) in [5.74, 6) is -0.325. The van der Waals surface area contributed by atoms with Crippen molar-refractivity contribution in [3.8, 4) is 11.3 Å². The fourth-order valence-electron chi connectivity index (χ4n) is 1.15. The van der Waals surface area contributed by atoms with Gasteiger partial charge in [-0.3, -0.25) is 4.79 Å². The minimum atomic E-state index is -0.442. The van der Waals surface area contributed by atoms with Crippen LogP contribution in [0.4, 0.5) is 4.39 Å². The average Bonchev–Trinajstić information content (AvgIpc) is 2.23. The normalized spacial score (nSPS) is 10.3. The quantitative estimate of drug-likeness (QED) is 0.808. The van der Waals surface area contributed by atoms with Crippen LogP contribution in [-0.2, 0) is 0 Å². The molecule has 0 bridgehead atoms. The summed E-state index contributed by atoms with van der Waals surface area (Å²) in [5.41, 5.74) is 0.747. The lowest BCUT2D eigenvalue weighted by molar-refractivity contribution is 0.628. The van der Waals surface area contributed by atoms with Gasteiger partial charge in [0.2, 0.25) is 0 Å². The molecule has 76 valence electrons. The molecule has 3 nitrogen and oxygen atoms in total. The molecule has 1 N–H and O–H groups in total. The molecule has 0 aliphatic heterocycles. The monoisotopic (exact) mass is 224 g/mol. The van der Waals surface area contributed by atoms with E-state index in [2.05, 4.69) is 10.2 Å². The number of halogens is 2. The van der Waals surface area contributed by atoms with Crippen LogP contribution in [0.25, 0.3) is 11.3 Å². The Morgan fingerprint density at radius 2 is 1.93 bits per heavy atom. The third kappa shape index (κ3) is 2.05. The van der Waals surface area contributed by atoms with Crippen molar-refractivity contribution < 1.29 is 4.39 Å². The fraction of sp³-hybridized carbons (Fsp3) is 0. The number of aromatic nitrogens is 2. The van der Waals surface area contributed by atoms with Crippen LogP contribution in [0, 0.1) is 5.82 Å². The Morgan fingerprint density at radius 1 is 1.27 bits per heavy atom. The van der Waals surface area contributed by atoms with E-state index >= 15 is 0 Å². The average molecular weight is 225 g/mol. The van der Waals surface area contributed by atoms with Gasteiger partial charge in [-0.25, -0.2) is 9.49 Å². The molecule has 0 atom stereocenters. The van der Waals surface area contributed by atoms with Gasteiger partial charge in [-0.15, -0.1) is 0 Å². The highest BCUT2D eigenvalue weighted by molar-refractivity contribution is 6.30. The van der Waals surface area contributed by atoms with Crippen molar-refractivity contribution in [1.82, 2.24) is 10.2 Å². The van der Waals surface area contributed by atoms with E-state index in [1.165, 1.54) is 18.2 Å². The summed E-state index contributed by atoms with van der Waals surface area (Å²) in [6.45, 7) is 0. The standard InChI is InChI=1S/C10H6ClFN2O/c11-8-5-9(13-14-10(8)15)6-1-3-7(12)4-2-6/h1-5H,(H,14,15). The highest BCUT2D eigenvalue weighted by Gasteiger charge is 2.03. The Hall–Kier alpha value is -1.68. The van der Waals surface area contributed by atoms with Gasteiger partial charge < -0.3 is 0 Å². The minimum Gasteiger partial charge on any atom is -0.266 e. The van der Waals surface area contributed by atoms with Gasteiger partial charge in [0.1, 0.15) is 10.8 Å². The van der Waals surface area contributed by atoms with E-state index in [0.29, 0.717) is 11.3 Å². The van der Waals surface area contributed by atoms with Gasteiger partial charge in [0.25, 0.3) is 5.56 Å². The minimum absolute atomic E-state index is 0.0596. The lowest BCUT2D eigenvalue weighted by Gasteiger charge is -1.99. The summed E-state index contributed by atoms with van der Waals surface area (Å²) < 4.78 is 12.6. The summed E-state index contributed by atoms with van der Waals surface area (Å²) in [4.78, 5) is 10.9. The first kappa shape index (κ1) is 9.86. The van der Waals surface area contributed by atoms with Crippen LogP contribution < -0.4 is 5.56 Å². The number of hydrogen-bond donors (Lipinski definition) is 1. The summed E-state index contributed by atoms with van der Waals surface area (Å²) in [5, 5.41) is 6.10. The van der Waals surface area contributed by atoms with E-state index in [1.807, 2.05) is 0 Å². The first-order valence-electron chi connectivity index (χ1n) is 4.18. The number of benzene rings is 1. The smallest absolute Gasteiger partial charge is 0.266 e. The zero-order valence-corrected chi connectivity index (χ0v) is 8.25. The fourth-order valence-corrected chi connectivity index (χ4v) is 1.30. The Bertz CT molecular complexity index is 536. The predicted molar refractivity (Wildman–Crippen MR) is 55.3 cm³/mol. The van der Waals surface area contributed by atoms with Crippen molar-refractivity contribution in [2.45, 2.75) is 0 Å². The van der Waals surface area contributed by atoms with Crippen molar-refractivity contribution in [2.75, 3.05) is 0 Å². The van der Waals surface area contributed by atoms with Crippen LogP contribution in [-0.4, -0.2) is 10.2 Å². The van der Waals surface area contributed by atoms with Crippen LogP contribution in [0.1, 0.15) is 0 Å². The highest BCUT2D eigenvalue weighted by Crippen LogP contribution is 2.17. The topological polar surface area (TPSA) is 45.8 Å². The van der Waals surface area contributed by atoms with E-state index in [9.17, 15) is 9.18 Å².